The number of hydrogen-bond acceptors (Lipinski definition) is 2. The molecule has 0 aromatic carbocycles. The van der Waals surface area contributed by atoms with Crippen molar-refractivity contribution in [1.29, 1.82) is 0 Å². The van der Waals surface area contributed by atoms with E-state index in [9.17, 15) is 0 Å². The molecule has 0 unspecified atom stereocenters. The smallest absolute Gasteiger partial charge is 0.213 e. The van der Waals surface area contributed by atoms with Gasteiger partial charge in [-0.05, 0) is 11.5 Å². The first-order chi connectivity index (χ1) is 5.58. The first kappa shape index (κ1) is 9.04. The third kappa shape index (κ3) is 3.37. The number of nitrogens with zero attached hydrogens (tertiary/aromatic N) is 1. The van der Waals surface area contributed by atoms with Crippen molar-refractivity contribution in [3.8, 4) is 5.88 Å². The first-order valence-electron chi connectivity index (χ1n) is 4.12. The maximum Gasteiger partial charge on any atom is 0.213 e. The van der Waals surface area contributed by atoms with Crippen molar-refractivity contribution >= 4 is 0 Å². The van der Waals surface area contributed by atoms with E-state index < -0.39 is 0 Å². The molecule has 12 heavy (non-hydrogen) atoms. The maximum absolute atomic E-state index is 5.46. The molecule has 0 aliphatic carbocycles. The summed E-state index contributed by atoms with van der Waals surface area (Å²) in [5.41, 5.74) is 0.192. The Kier molecular flexibility index (Phi) is 2.69. The Morgan fingerprint density at radius 3 is 2.58 bits per heavy atom. The Morgan fingerprint density at radius 1 is 1.33 bits per heavy atom. The van der Waals surface area contributed by atoms with Crippen LogP contribution < -0.4 is 4.74 Å². The van der Waals surface area contributed by atoms with Crippen LogP contribution in [0.15, 0.2) is 24.4 Å². The molecule has 0 amide bonds. The zero-order valence-electron chi connectivity index (χ0n) is 7.87. The number of rotatable bonds is 2. The topological polar surface area (TPSA) is 22.1 Å². The summed E-state index contributed by atoms with van der Waals surface area (Å²) in [5, 5.41) is 0. The number of ether oxygens (including phenoxy) is 1. The van der Waals surface area contributed by atoms with Gasteiger partial charge in [-0.3, -0.25) is 0 Å². The number of pyridine rings is 1. The van der Waals surface area contributed by atoms with Crippen LogP contribution >= 0.6 is 0 Å². The van der Waals surface area contributed by atoms with Crippen molar-refractivity contribution < 1.29 is 4.74 Å². The van der Waals surface area contributed by atoms with Crippen molar-refractivity contribution in [2.45, 2.75) is 20.8 Å². The highest BCUT2D eigenvalue weighted by atomic mass is 16.5. The molecule has 0 radical (unpaired) electrons. The molecule has 0 aliphatic heterocycles. The molecule has 0 saturated carbocycles. The van der Waals surface area contributed by atoms with Gasteiger partial charge in [-0.25, -0.2) is 4.98 Å². The second-order valence-corrected chi connectivity index (χ2v) is 4.02. The van der Waals surface area contributed by atoms with Gasteiger partial charge in [0.25, 0.3) is 0 Å². The predicted molar refractivity (Wildman–Crippen MR) is 49.2 cm³/mol. The van der Waals surface area contributed by atoms with Gasteiger partial charge in [0, 0.05) is 12.3 Å². The van der Waals surface area contributed by atoms with Crippen LogP contribution in [-0.2, 0) is 0 Å². The van der Waals surface area contributed by atoms with Gasteiger partial charge in [0.1, 0.15) is 0 Å². The van der Waals surface area contributed by atoms with Crippen molar-refractivity contribution in [3.05, 3.63) is 24.4 Å². The summed E-state index contributed by atoms with van der Waals surface area (Å²) < 4.78 is 5.46. The van der Waals surface area contributed by atoms with Crippen molar-refractivity contribution in [2.24, 2.45) is 5.41 Å². The molecular weight excluding hydrogens is 150 g/mol. The highest BCUT2D eigenvalue weighted by molar-refractivity contribution is 5.09. The summed E-state index contributed by atoms with van der Waals surface area (Å²) in [6.45, 7) is 7.10. The Labute approximate surface area is 73.6 Å². The van der Waals surface area contributed by atoms with Crippen LogP contribution in [-0.4, -0.2) is 11.6 Å². The summed E-state index contributed by atoms with van der Waals surface area (Å²) in [5.74, 6) is 0.701. The lowest BCUT2D eigenvalue weighted by molar-refractivity contribution is 0.191. The molecule has 0 aliphatic rings. The number of hydrogen-bond donors (Lipinski definition) is 0. The third-order valence-corrected chi connectivity index (χ3v) is 1.29. The van der Waals surface area contributed by atoms with E-state index in [1.54, 1.807) is 6.20 Å². The van der Waals surface area contributed by atoms with Crippen LogP contribution in [0.1, 0.15) is 20.8 Å². The molecule has 1 heterocycles. The van der Waals surface area contributed by atoms with E-state index in [4.69, 9.17) is 4.74 Å². The molecule has 1 aromatic heterocycles. The minimum absolute atomic E-state index is 0.192. The molecular formula is C10H15NO. The fourth-order valence-corrected chi connectivity index (χ4v) is 0.723. The molecule has 0 fully saturated rings. The summed E-state index contributed by atoms with van der Waals surface area (Å²) in [6.07, 6.45) is 1.73. The van der Waals surface area contributed by atoms with Gasteiger partial charge in [-0.1, -0.05) is 26.8 Å². The van der Waals surface area contributed by atoms with Gasteiger partial charge in [0.15, 0.2) is 0 Å². The lowest BCUT2D eigenvalue weighted by Gasteiger charge is -2.17. The van der Waals surface area contributed by atoms with Crippen LogP contribution in [0.5, 0.6) is 5.88 Å². The van der Waals surface area contributed by atoms with E-state index in [2.05, 4.69) is 25.8 Å². The van der Waals surface area contributed by atoms with Crippen LogP contribution in [0.4, 0.5) is 0 Å². The van der Waals surface area contributed by atoms with Crippen LogP contribution in [0.3, 0.4) is 0 Å². The zero-order chi connectivity index (χ0) is 9.03. The molecule has 2 nitrogen and oxygen atoms in total. The van der Waals surface area contributed by atoms with E-state index in [-0.39, 0.29) is 5.41 Å². The van der Waals surface area contributed by atoms with Gasteiger partial charge in [0.2, 0.25) is 5.88 Å². The second-order valence-electron chi connectivity index (χ2n) is 4.02. The molecule has 1 aromatic rings. The molecule has 2 heteroatoms. The fourth-order valence-electron chi connectivity index (χ4n) is 0.723. The Bertz CT molecular complexity index is 225. The summed E-state index contributed by atoms with van der Waals surface area (Å²) in [4.78, 5) is 4.06. The van der Waals surface area contributed by atoms with Crippen LogP contribution in [0, 0.1) is 5.41 Å². The third-order valence-electron chi connectivity index (χ3n) is 1.29. The lowest BCUT2D eigenvalue weighted by Crippen LogP contribution is -2.17. The van der Waals surface area contributed by atoms with E-state index in [0.29, 0.717) is 12.5 Å². The highest BCUT2D eigenvalue weighted by Gasteiger charge is 2.10. The summed E-state index contributed by atoms with van der Waals surface area (Å²) in [7, 11) is 0. The SMILES string of the molecule is CC(C)(C)COc1ccccn1. The average molecular weight is 165 g/mol. The van der Waals surface area contributed by atoms with E-state index in [1.807, 2.05) is 18.2 Å². The second kappa shape index (κ2) is 3.57. The molecule has 0 atom stereocenters. The monoisotopic (exact) mass is 165 g/mol. The Balaban J connectivity index is 2.44. The zero-order valence-corrected chi connectivity index (χ0v) is 7.87. The normalized spacial score (nSPS) is 11.2. The molecule has 0 spiro atoms. The van der Waals surface area contributed by atoms with Crippen molar-refractivity contribution in [2.75, 3.05) is 6.61 Å². The summed E-state index contributed by atoms with van der Waals surface area (Å²) in [6, 6.07) is 5.67. The van der Waals surface area contributed by atoms with Gasteiger partial charge >= 0.3 is 0 Å². The molecule has 0 N–H and O–H groups in total. The molecule has 1 rings (SSSR count). The first-order valence-corrected chi connectivity index (χ1v) is 4.12. The Hall–Kier alpha value is -1.05. The quantitative estimate of drug-likeness (QED) is 0.671. The number of aromatic nitrogens is 1. The predicted octanol–water partition coefficient (Wildman–Crippen LogP) is 2.51. The van der Waals surface area contributed by atoms with Crippen LogP contribution in [0.25, 0.3) is 0 Å². The highest BCUT2D eigenvalue weighted by Crippen LogP contribution is 2.14. The van der Waals surface area contributed by atoms with E-state index in [1.165, 1.54) is 0 Å². The van der Waals surface area contributed by atoms with E-state index in [0.717, 1.165) is 0 Å². The van der Waals surface area contributed by atoms with Gasteiger partial charge < -0.3 is 4.74 Å². The van der Waals surface area contributed by atoms with Crippen LogP contribution in [0.2, 0.25) is 0 Å². The van der Waals surface area contributed by atoms with Gasteiger partial charge in [-0.2, -0.15) is 0 Å². The summed E-state index contributed by atoms with van der Waals surface area (Å²) >= 11 is 0. The van der Waals surface area contributed by atoms with Crippen molar-refractivity contribution in [3.63, 3.8) is 0 Å². The fraction of sp³-hybridized carbons (Fsp3) is 0.500. The van der Waals surface area contributed by atoms with Gasteiger partial charge in [0.05, 0.1) is 6.61 Å². The minimum atomic E-state index is 0.192. The molecule has 66 valence electrons. The Morgan fingerprint density at radius 2 is 2.08 bits per heavy atom. The van der Waals surface area contributed by atoms with E-state index >= 15 is 0 Å². The van der Waals surface area contributed by atoms with Crippen molar-refractivity contribution in [1.82, 2.24) is 4.98 Å². The largest absolute Gasteiger partial charge is 0.477 e. The average Bonchev–Trinajstić information content (AvgIpc) is 2.02. The molecule has 0 saturated heterocycles. The minimum Gasteiger partial charge on any atom is -0.477 e. The standard InChI is InChI=1S/C10H15NO/c1-10(2,3)8-12-9-6-4-5-7-11-9/h4-7H,8H2,1-3H3. The van der Waals surface area contributed by atoms with Gasteiger partial charge in [-0.15, -0.1) is 0 Å². The molecule has 0 bridgehead atoms. The maximum atomic E-state index is 5.46. The lowest BCUT2D eigenvalue weighted by atomic mass is 9.99.